The molecular formula is C18H26N2O2. The molecule has 0 fully saturated rings. The van der Waals surface area contributed by atoms with Crippen LogP contribution in [0.5, 0.6) is 0 Å². The molecule has 0 spiro atoms. The Hall–Kier alpha value is -1.62. The number of aliphatic hydroxyl groups is 1. The number of nitrogens with zero attached hydrogens (tertiary/aromatic N) is 1. The van der Waals surface area contributed by atoms with Gasteiger partial charge in [-0.25, -0.2) is 0 Å². The van der Waals surface area contributed by atoms with Crippen molar-refractivity contribution in [2.45, 2.75) is 26.0 Å². The first-order valence-corrected chi connectivity index (χ1v) is 7.59. The molecule has 1 unspecified atom stereocenters. The van der Waals surface area contributed by atoms with Crippen molar-refractivity contribution in [1.82, 2.24) is 10.2 Å². The molecule has 0 bridgehead atoms. The maximum atomic E-state index is 10.2. The fraction of sp³-hybridized carbons (Fsp3) is 0.444. The van der Waals surface area contributed by atoms with Crippen LogP contribution >= 0.6 is 0 Å². The van der Waals surface area contributed by atoms with Gasteiger partial charge in [0.1, 0.15) is 11.5 Å². The molecule has 0 aliphatic heterocycles. The molecule has 4 nitrogen and oxygen atoms in total. The van der Waals surface area contributed by atoms with E-state index in [1.165, 1.54) is 5.56 Å². The van der Waals surface area contributed by atoms with Crippen LogP contribution < -0.4 is 5.32 Å². The van der Waals surface area contributed by atoms with E-state index < -0.39 is 5.60 Å². The van der Waals surface area contributed by atoms with Crippen LogP contribution in [0.2, 0.25) is 0 Å². The molecule has 0 saturated carbocycles. The maximum absolute atomic E-state index is 10.2. The Morgan fingerprint density at radius 3 is 2.45 bits per heavy atom. The van der Waals surface area contributed by atoms with Crippen molar-refractivity contribution < 1.29 is 9.52 Å². The Morgan fingerprint density at radius 2 is 1.82 bits per heavy atom. The summed E-state index contributed by atoms with van der Waals surface area (Å²) in [6.45, 7) is 5.65. The SMILES string of the molecule is Cc1ccc(-c2ccc(CNCC(C)(O)CN(C)C)o2)cc1. The predicted molar refractivity (Wildman–Crippen MR) is 89.8 cm³/mol. The summed E-state index contributed by atoms with van der Waals surface area (Å²) in [4.78, 5) is 1.98. The molecule has 0 amide bonds. The van der Waals surface area contributed by atoms with Gasteiger partial charge in [-0.15, -0.1) is 0 Å². The highest BCUT2D eigenvalue weighted by Crippen LogP contribution is 2.22. The lowest BCUT2D eigenvalue weighted by atomic mass is 10.1. The van der Waals surface area contributed by atoms with Crippen molar-refractivity contribution in [2.75, 3.05) is 27.2 Å². The molecule has 0 saturated heterocycles. The Morgan fingerprint density at radius 1 is 1.14 bits per heavy atom. The number of aryl methyl sites for hydroxylation is 1. The summed E-state index contributed by atoms with van der Waals surface area (Å²) in [6.07, 6.45) is 0. The Labute approximate surface area is 132 Å². The zero-order valence-corrected chi connectivity index (χ0v) is 13.9. The van der Waals surface area contributed by atoms with Crippen LogP contribution in [0.3, 0.4) is 0 Å². The van der Waals surface area contributed by atoms with Crippen LogP contribution in [0.4, 0.5) is 0 Å². The summed E-state index contributed by atoms with van der Waals surface area (Å²) in [6, 6.07) is 12.2. The highest BCUT2D eigenvalue weighted by molar-refractivity contribution is 5.57. The van der Waals surface area contributed by atoms with Gasteiger partial charge in [0.05, 0.1) is 12.1 Å². The van der Waals surface area contributed by atoms with E-state index in [4.69, 9.17) is 4.42 Å². The highest BCUT2D eigenvalue weighted by atomic mass is 16.3. The van der Waals surface area contributed by atoms with Gasteiger partial charge in [0.25, 0.3) is 0 Å². The summed E-state index contributed by atoms with van der Waals surface area (Å²) >= 11 is 0. The smallest absolute Gasteiger partial charge is 0.134 e. The van der Waals surface area contributed by atoms with Gasteiger partial charge in [0.2, 0.25) is 0 Å². The van der Waals surface area contributed by atoms with Crippen molar-refractivity contribution in [3.05, 3.63) is 47.7 Å². The summed E-state index contributed by atoms with van der Waals surface area (Å²) in [7, 11) is 3.91. The minimum Gasteiger partial charge on any atom is -0.460 e. The topological polar surface area (TPSA) is 48.6 Å². The molecule has 1 aromatic carbocycles. The van der Waals surface area contributed by atoms with E-state index in [0.717, 1.165) is 17.1 Å². The van der Waals surface area contributed by atoms with Crippen LogP contribution in [0.15, 0.2) is 40.8 Å². The quantitative estimate of drug-likeness (QED) is 0.825. The predicted octanol–water partition coefficient (Wildman–Crippen LogP) is 2.66. The fourth-order valence-corrected chi connectivity index (χ4v) is 2.54. The van der Waals surface area contributed by atoms with E-state index in [1.807, 2.05) is 38.1 Å². The number of nitrogens with one attached hydrogen (secondary N) is 1. The molecule has 4 heteroatoms. The lowest BCUT2D eigenvalue weighted by molar-refractivity contribution is 0.0332. The van der Waals surface area contributed by atoms with Crippen molar-refractivity contribution in [1.29, 1.82) is 0 Å². The third-order valence-corrected chi connectivity index (χ3v) is 3.46. The Kier molecular flexibility index (Phi) is 5.40. The molecule has 2 N–H and O–H groups in total. The molecule has 0 aliphatic rings. The third-order valence-electron chi connectivity index (χ3n) is 3.46. The molecule has 1 heterocycles. The standard InChI is InChI=1S/C18H26N2O2/c1-14-5-7-15(8-6-14)17-10-9-16(22-17)11-19-12-18(2,21)13-20(3)4/h5-10,19,21H,11-13H2,1-4H3. The first kappa shape index (κ1) is 16.7. The summed E-state index contributed by atoms with van der Waals surface area (Å²) < 4.78 is 5.85. The van der Waals surface area contributed by atoms with E-state index in [0.29, 0.717) is 19.6 Å². The number of hydrogen-bond donors (Lipinski definition) is 2. The molecule has 2 rings (SSSR count). The second-order valence-corrected chi connectivity index (χ2v) is 6.47. The molecule has 120 valence electrons. The largest absolute Gasteiger partial charge is 0.460 e. The summed E-state index contributed by atoms with van der Waals surface area (Å²) in [5, 5.41) is 13.5. The van der Waals surface area contributed by atoms with Gasteiger partial charge in [-0.1, -0.05) is 29.8 Å². The van der Waals surface area contributed by atoms with Gasteiger partial charge in [0, 0.05) is 18.7 Å². The number of furan rings is 1. The van der Waals surface area contributed by atoms with Crippen LogP contribution in [-0.2, 0) is 6.54 Å². The highest BCUT2D eigenvalue weighted by Gasteiger charge is 2.20. The number of rotatable bonds is 7. The van der Waals surface area contributed by atoms with Gasteiger partial charge in [-0.2, -0.15) is 0 Å². The van der Waals surface area contributed by atoms with Crippen LogP contribution in [0.1, 0.15) is 18.2 Å². The first-order valence-electron chi connectivity index (χ1n) is 7.59. The van der Waals surface area contributed by atoms with Crippen LogP contribution in [-0.4, -0.2) is 42.8 Å². The second-order valence-electron chi connectivity index (χ2n) is 6.47. The van der Waals surface area contributed by atoms with E-state index in [1.54, 1.807) is 0 Å². The average Bonchev–Trinajstić information content (AvgIpc) is 2.86. The Bertz CT molecular complexity index is 585. The minimum absolute atomic E-state index is 0.520. The summed E-state index contributed by atoms with van der Waals surface area (Å²) in [5.74, 6) is 1.74. The number of hydrogen-bond acceptors (Lipinski definition) is 4. The van der Waals surface area contributed by atoms with E-state index in [-0.39, 0.29) is 0 Å². The molecule has 1 atom stereocenters. The number of likely N-dealkylation sites (N-methyl/N-ethyl adjacent to an activating group) is 1. The van der Waals surface area contributed by atoms with Crippen molar-refractivity contribution in [2.24, 2.45) is 0 Å². The lowest BCUT2D eigenvalue weighted by Gasteiger charge is -2.27. The van der Waals surface area contributed by atoms with Crippen LogP contribution in [0.25, 0.3) is 11.3 Å². The van der Waals surface area contributed by atoms with Gasteiger partial charge < -0.3 is 19.7 Å². The molecule has 2 aromatic rings. The first-order chi connectivity index (χ1) is 10.4. The maximum Gasteiger partial charge on any atom is 0.134 e. The zero-order valence-electron chi connectivity index (χ0n) is 13.9. The molecule has 22 heavy (non-hydrogen) atoms. The van der Waals surface area contributed by atoms with E-state index >= 15 is 0 Å². The normalized spacial score (nSPS) is 14.3. The average molecular weight is 302 g/mol. The second kappa shape index (κ2) is 7.09. The zero-order chi connectivity index (χ0) is 16.2. The van der Waals surface area contributed by atoms with Gasteiger partial charge in [-0.05, 0) is 40.1 Å². The minimum atomic E-state index is -0.754. The van der Waals surface area contributed by atoms with Crippen molar-refractivity contribution in [3.63, 3.8) is 0 Å². The van der Waals surface area contributed by atoms with Gasteiger partial charge >= 0.3 is 0 Å². The Balaban J connectivity index is 1.89. The molecule has 0 aliphatic carbocycles. The third kappa shape index (κ3) is 4.98. The van der Waals surface area contributed by atoms with Crippen molar-refractivity contribution >= 4 is 0 Å². The van der Waals surface area contributed by atoms with E-state index in [9.17, 15) is 5.11 Å². The molecule has 1 aromatic heterocycles. The monoisotopic (exact) mass is 302 g/mol. The van der Waals surface area contributed by atoms with Gasteiger partial charge in [0.15, 0.2) is 0 Å². The lowest BCUT2D eigenvalue weighted by Crippen LogP contribution is -2.45. The summed E-state index contributed by atoms with van der Waals surface area (Å²) in [5.41, 5.74) is 1.56. The van der Waals surface area contributed by atoms with Crippen LogP contribution in [0, 0.1) is 6.92 Å². The fourth-order valence-electron chi connectivity index (χ4n) is 2.54. The molecular weight excluding hydrogens is 276 g/mol. The van der Waals surface area contributed by atoms with E-state index in [2.05, 4.69) is 36.5 Å². The van der Waals surface area contributed by atoms with Crippen molar-refractivity contribution in [3.8, 4) is 11.3 Å². The number of benzene rings is 1. The van der Waals surface area contributed by atoms with Gasteiger partial charge in [-0.3, -0.25) is 0 Å². The molecule has 0 radical (unpaired) electrons.